The predicted octanol–water partition coefficient (Wildman–Crippen LogP) is 3.99. The lowest BCUT2D eigenvalue weighted by molar-refractivity contribution is -0.142. The molecule has 0 amide bonds. The molecule has 0 bridgehead atoms. The van der Waals surface area contributed by atoms with E-state index in [0.29, 0.717) is 27.5 Å². The van der Waals surface area contributed by atoms with Gasteiger partial charge in [0.2, 0.25) is 0 Å². The van der Waals surface area contributed by atoms with Gasteiger partial charge >= 0.3 is 5.97 Å². The van der Waals surface area contributed by atoms with Crippen LogP contribution in [-0.2, 0) is 21.3 Å². The van der Waals surface area contributed by atoms with Crippen LogP contribution in [0.3, 0.4) is 0 Å². The fraction of sp³-hybridized carbons (Fsp3) is 0.364. The number of halogens is 3. The van der Waals surface area contributed by atoms with Crippen molar-refractivity contribution in [3.8, 4) is 0 Å². The molecule has 0 heterocycles. The van der Waals surface area contributed by atoms with E-state index in [1.165, 1.54) is 0 Å². The largest absolute Gasteiger partial charge is 0.466 e. The van der Waals surface area contributed by atoms with Gasteiger partial charge in [-0.1, -0.05) is 45.2 Å². The molecule has 0 saturated heterocycles. The van der Waals surface area contributed by atoms with Crippen LogP contribution in [0, 0.1) is 0 Å². The van der Waals surface area contributed by atoms with Crippen LogP contribution in [0.4, 0.5) is 0 Å². The molecule has 0 atom stereocenters. The Morgan fingerprint density at radius 3 is 2.69 bits per heavy atom. The molecule has 5 heteroatoms. The fourth-order valence-electron chi connectivity index (χ4n) is 1.28. The minimum Gasteiger partial charge on any atom is -0.466 e. The number of hydrogen-bond acceptors (Lipinski definition) is 2. The second-order valence-electron chi connectivity index (χ2n) is 3.17. The molecule has 1 aromatic carbocycles. The molecular formula is C11H11BrCl2O2. The number of alkyl halides is 1. The highest BCUT2D eigenvalue weighted by Gasteiger charge is 2.11. The number of rotatable bonds is 4. The van der Waals surface area contributed by atoms with E-state index in [0.717, 1.165) is 5.56 Å². The topological polar surface area (TPSA) is 26.3 Å². The first-order valence-corrected chi connectivity index (χ1v) is 6.64. The lowest BCUT2D eigenvalue weighted by Gasteiger charge is -2.08. The van der Waals surface area contributed by atoms with Gasteiger partial charge < -0.3 is 4.74 Å². The third-order valence-corrected chi connectivity index (χ3v) is 3.45. The van der Waals surface area contributed by atoms with Gasteiger partial charge in [-0.3, -0.25) is 4.79 Å². The zero-order chi connectivity index (χ0) is 12.1. The first kappa shape index (κ1) is 13.8. The summed E-state index contributed by atoms with van der Waals surface area (Å²) in [6.07, 6.45) is 0.146. The third kappa shape index (κ3) is 3.65. The molecule has 16 heavy (non-hydrogen) atoms. The summed E-state index contributed by atoms with van der Waals surface area (Å²) in [7, 11) is 0. The summed E-state index contributed by atoms with van der Waals surface area (Å²) in [6.45, 7) is 2.13. The quantitative estimate of drug-likeness (QED) is 0.618. The van der Waals surface area contributed by atoms with Gasteiger partial charge in [0.1, 0.15) is 0 Å². The molecule has 0 saturated carbocycles. The molecule has 0 aliphatic heterocycles. The Kier molecular flexibility index (Phi) is 5.59. The van der Waals surface area contributed by atoms with Crippen LogP contribution in [0.5, 0.6) is 0 Å². The minimum atomic E-state index is -0.299. The van der Waals surface area contributed by atoms with Gasteiger partial charge in [0, 0.05) is 5.33 Å². The summed E-state index contributed by atoms with van der Waals surface area (Å²) >= 11 is 15.3. The zero-order valence-electron chi connectivity index (χ0n) is 8.73. The lowest BCUT2D eigenvalue weighted by Crippen LogP contribution is -2.08. The summed E-state index contributed by atoms with van der Waals surface area (Å²) in [5, 5.41) is 1.54. The molecule has 0 aliphatic rings. The number of esters is 1. The molecule has 0 aliphatic carbocycles. The molecule has 1 rings (SSSR count). The average Bonchev–Trinajstić information content (AvgIpc) is 2.24. The highest BCUT2D eigenvalue weighted by molar-refractivity contribution is 9.08. The van der Waals surface area contributed by atoms with E-state index in [1.54, 1.807) is 13.0 Å². The standard InChI is InChI=1S/C11H11BrCl2O2/c1-2-16-10(15)5-8-3-7(6-12)4-9(13)11(8)14/h3-4H,2,5-6H2,1H3. The van der Waals surface area contributed by atoms with Crippen molar-refractivity contribution in [3.05, 3.63) is 33.3 Å². The van der Waals surface area contributed by atoms with Crippen molar-refractivity contribution in [3.63, 3.8) is 0 Å². The van der Waals surface area contributed by atoms with Crippen molar-refractivity contribution in [1.29, 1.82) is 0 Å². The monoisotopic (exact) mass is 324 g/mol. The molecule has 0 unspecified atom stereocenters. The van der Waals surface area contributed by atoms with Crippen LogP contribution >= 0.6 is 39.1 Å². The Hall–Kier alpha value is -0.250. The van der Waals surface area contributed by atoms with Crippen LogP contribution in [0.1, 0.15) is 18.1 Å². The van der Waals surface area contributed by atoms with E-state index in [2.05, 4.69) is 15.9 Å². The molecule has 88 valence electrons. The summed E-state index contributed by atoms with van der Waals surface area (Å²) in [4.78, 5) is 11.3. The first-order valence-electron chi connectivity index (χ1n) is 4.76. The molecule has 1 aromatic rings. The van der Waals surface area contributed by atoms with Crippen molar-refractivity contribution in [2.75, 3.05) is 6.61 Å². The second-order valence-corrected chi connectivity index (χ2v) is 4.51. The Labute approximate surface area is 113 Å². The number of benzene rings is 1. The molecule has 0 spiro atoms. The van der Waals surface area contributed by atoms with Crippen LogP contribution in [0.15, 0.2) is 12.1 Å². The smallest absolute Gasteiger partial charge is 0.310 e. The molecule has 0 aromatic heterocycles. The van der Waals surface area contributed by atoms with Gasteiger partial charge in [0.15, 0.2) is 0 Å². The van der Waals surface area contributed by atoms with E-state index < -0.39 is 0 Å². The molecule has 0 N–H and O–H groups in total. The van der Waals surface area contributed by atoms with Gasteiger partial charge in [-0.2, -0.15) is 0 Å². The molecule has 0 radical (unpaired) electrons. The van der Waals surface area contributed by atoms with Gasteiger partial charge in [-0.05, 0) is 24.1 Å². The van der Waals surface area contributed by atoms with E-state index >= 15 is 0 Å². The molecule has 2 nitrogen and oxygen atoms in total. The van der Waals surface area contributed by atoms with Crippen molar-refractivity contribution in [1.82, 2.24) is 0 Å². The summed E-state index contributed by atoms with van der Waals surface area (Å²) in [6, 6.07) is 3.62. The Morgan fingerprint density at radius 2 is 2.12 bits per heavy atom. The highest BCUT2D eigenvalue weighted by atomic mass is 79.9. The second kappa shape index (κ2) is 6.48. The van der Waals surface area contributed by atoms with Gasteiger partial charge in [0.05, 0.1) is 23.1 Å². The van der Waals surface area contributed by atoms with Crippen LogP contribution in [0.25, 0.3) is 0 Å². The van der Waals surface area contributed by atoms with Crippen LogP contribution < -0.4 is 0 Å². The van der Waals surface area contributed by atoms with E-state index in [9.17, 15) is 4.79 Å². The van der Waals surface area contributed by atoms with Gasteiger partial charge in [-0.15, -0.1) is 0 Å². The zero-order valence-corrected chi connectivity index (χ0v) is 11.8. The number of carbonyl (C=O) groups is 1. The van der Waals surface area contributed by atoms with E-state index in [4.69, 9.17) is 27.9 Å². The van der Waals surface area contributed by atoms with Crippen LogP contribution in [-0.4, -0.2) is 12.6 Å². The molecular weight excluding hydrogens is 315 g/mol. The lowest BCUT2D eigenvalue weighted by atomic mass is 10.1. The predicted molar refractivity (Wildman–Crippen MR) is 69.4 cm³/mol. The fourth-order valence-corrected chi connectivity index (χ4v) is 2.04. The Bertz CT molecular complexity index is 394. The maximum atomic E-state index is 11.3. The van der Waals surface area contributed by atoms with Gasteiger partial charge in [-0.25, -0.2) is 0 Å². The Balaban J connectivity index is 2.94. The minimum absolute atomic E-state index is 0.146. The van der Waals surface area contributed by atoms with E-state index in [-0.39, 0.29) is 12.4 Å². The van der Waals surface area contributed by atoms with Crippen molar-refractivity contribution >= 4 is 45.1 Å². The third-order valence-electron chi connectivity index (χ3n) is 1.96. The highest BCUT2D eigenvalue weighted by Crippen LogP contribution is 2.29. The molecule has 0 fully saturated rings. The van der Waals surface area contributed by atoms with Crippen LogP contribution in [0.2, 0.25) is 10.0 Å². The number of hydrogen-bond donors (Lipinski definition) is 0. The number of ether oxygens (including phenoxy) is 1. The van der Waals surface area contributed by atoms with Gasteiger partial charge in [0.25, 0.3) is 0 Å². The van der Waals surface area contributed by atoms with E-state index in [1.807, 2.05) is 6.07 Å². The summed E-state index contributed by atoms with van der Waals surface area (Å²) < 4.78 is 4.86. The number of carbonyl (C=O) groups excluding carboxylic acids is 1. The maximum absolute atomic E-state index is 11.3. The average molecular weight is 326 g/mol. The maximum Gasteiger partial charge on any atom is 0.310 e. The van der Waals surface area contributed by atoms with Crippen molar-refractivity contribution in [2.24, 2.45) is 0 Å². The van der Waals surface area contributed by atoms with Crippen molar-refractivity contribution in [2.45, 2.75) is 18.7 Å². The summed E-state index contributed by atoms with van der Waals surface area (Å²) in [5.41, 5.74) is 1.68. The Morgan fingerprint density at radius 1 is 1.44 bits per heavy atom. The first-order chi connectivity index (χ1) is 7.58. The summed E-state index contributed by atoms with van der Waals surface area (Å²) in [5.74, 6) is -0.299. The normalized spacial score (nSPS) is 10.2. The SMILES string of the molecule is CCOC(=O)Cc1cc(CBr)cc(Cl)c1Cl. The van der Waals surface area contributed by atoms with Crippen molar-refractivity contribution < 1.29 is 9.53 Å².